The molecule has 3 rings (SSSR count). The van der Waals surface area contributed by atoms with E-state index >= 15 is 0 Å². The molecule has 7 heteroatoms. The average Bonchev–Trinajstić information content (AvgIpc) is 2.64. The van der Waals surface area contributed by atoms with Gasteiger partial charge in [0.15, 0.2) is 0 Å². The molecule has 0 radical (unpaired) electrons. The van der Waals surface area contributed by atoms with E-state index in [2.05, 4.69) is 0 Å². The number of benzene rings is 2. The van der Waals surface area contributed by atoms with Gasteiger partial charge < -0.3 is 9.47 Å². The summed E-state index contributed by atoms with van der Waals surface area (Å²) >= 11 is 0. The maximum Gasteiger partial charge on any atom is 0.328 e. The molecule has 1 fully saturated rings. The number of imide groups is 2. The van der Waals surface area contributed by atoms with E-state index in [-0.39, 0.29) is 5.57 Å². The third-order valence-corrected chi connectivity index (χ3v) is 3.50. The first-order valence-electron chi connectivity index (χ1n) is 7.91. The summed E-state index contributed by atoms with van der Waals surface area (Å²) in [6.07, 6.45) is 1.40. The quantitative estimate of drug-likeness (QED) is 0.470. The molecule has 132 valence electrons. The first kappa shape index (κ1) is 17.2. The molecule has 1 saturated heterocycles. The number of carbonyl (C=O) groups excluding carboxylic acids is 3. The Morgan fingerprint density at radius 3 is 1.85 bits per heavy atom. The molecule has 7 nitrogen and oxygen atoms in total. The van der Waals surface area contributed by atoms with E-state index in [1.807, 2.05) is 41.0 Å². The van der Waals surface area contributed by atoms with Gasteiger partial charge in [0.2, 0.25) is 0 Å². The van der Waals surface area contributed by atoms with Gasteiger partial charge in [-0.1, -0.05) is 30.3 Å². The zero-order valence-electron chi connectivity index (χ0n) is 13.7. The van der Waals surface area contributed by atoms with Crippen LogP contribution in [0.4, 0.5) is 4.79 Å². The second kappa shape index (κ2) is 7.98. The summed E-state index contributed by atoms with van der Waals surface area (Å²) in [7, 11) is 0. The Labute approximate surface area is 149 Å². The van der Waals surface area contributed by atoms with Gasteiger partial charge in [-0.3, -0.25) is 20.2 Å². The van der Waals surface area contributed by atoms with Crippen molar-refractivity contribution in [3.05, 3.63) is 65.7 Å². The predicted molar refractivity (Wildman–Crippen MR) is 93.5 cm³/mol. The number of rotatable bonds is 6. The fourth-order valence-electron chi connectivity index (χ4n) is 2.27. The van der Waals surface area contributed by atoms with Crippen LogP contribution in [0.25, 0.3) is 6.08 Å². The first-order valence-corrected chi connectivity index (χ1v) is 7.91. The van der Waals surface area contributed by atoms with Crippen LogP contribution in [0, 0.1) is 0 Å². The van der Waals surface area contributed by atoms with Crippen molar-refractivity contribution in [1.29, 1.82) is 0 Å². The largest absolute Gasteiger partial charge is 0.490 e. The van der Waals surface area contributed by atoms with Crippen LogP contribution in [0.1, 0.15) is 5.56 Å². The van der Waals surface area contributed by atoms with Crippen molar-refractivity contribution in [3.63, 3.8) is 0 Å². The highest BCUT2D eigenvalue weighted by atomic mass is 16.5. The summed E-state index contributed by atoms with van der Waals surface area (Å²) in [5.74, 6) is -0.0357. The third-order valence-electron chi connectivity index (χ3n) is 3.50. The van der Waals surface area contributed by atoms with E-state index in [1.54, 1.807) is 24.3 Å². The zero-order chi connectivity index (χ0) is 18.4. The molecule has 0 aliphatic carbocycles. The molecule has 4 amide bonds. The van der Waals surface area contributed by atoms with Gasteiger partial charge in [-0.2, -0.15) is 0 Å². The molecule has 2 aromatic rings. The van der Waals surface area contributed by atoms with Crippen molar-refractivity contribution >= 4 is 23.9 Å². The summed E-state index contributed by atoms with van der Waals surface area (Å²) in [6.45, 7) is 0.784. The fraction of sp³-hybridized carbons (Fsp3) is 0.105. The van der Waals surface area contributed by atoms with Crippen molar-refractivity contribution in [2.75, 3.05) is 13.2 Å². The molecule has 0 saturated carbocycles. The van der Waals surface area contributed by atoms with Crippen LogP contribution in [0.5, 0.6) is 11.5 Å². The molecule has 0 aromatic heterocycles. The molecule has 2 N–H and O–H groups in total. The standard InChI is InChI=1S/C19H16N2O5/c22-17-16(18(23)21-19(24)20-17)12-13-6-8-15(9-7-13)26-11-10-25-14-4-2-1-3-5-14/h1-9,12H,10-11H2,(H2,20,21,22,23,24). The number of urea groups is 1. The Morgan fingerprint density at radius 1 is 0.731 bits per heavy atom. The molecule has 1 aliphatic rings. The van der Waals surface area contributed by atoms with Crippen LogP contribution in [0.15, 0.2) is 60.2 Å². The van der Waals surface area contributed by atoms with Crippen LogP contribution in [0.3, 0.4) is 0 Å². The lowest BCUT2D eigenvalue weighted by atomic mass is 10.1. The topological polar surface area (TPSA) is 93.7 Å². The summed E-state index contributed by atoms with van der Waals surface area (Å²) in [5.41, 5.74) is 0.502. The van der Waals surface area contributed by atoms with Crippen molar-refractivity contribution in [2.24, 2.45) is 0 Å². The van der Waals surface area contributed by atoms with Crippen LogP contribution < -0.4 is 20.1 Å². The van der Waals surface area contributed by atoms with E-state index in [0.29, 0.717) is 24.5 Å². The molecule has 1 aliphatic heterocycles. The fourth-order valence-corrected chi connectivity index (χ4v) is 2.27. The van der Waals surface area contributed by atoms with Gasteiger partial charge in [-0.05, 0) is 35.9 Å². The number of nitrogens with one attached hydrogen (secondary N) is 2. The normalized spacial score (nSPS) is 13.7. The molecule has 0 spiro atoms. The summed E-state index contributed by atoms with van der Waals surface area (Å²) in [6, 6.07) is 15.5. The average molecular weight is 352 g/mol. The zero-order valence-corrected chi connectivity index (χ0v) is 13.7. The number of para-hydroxylation sites is 1. The predicted octanol–water partition coefficient (Wildman–Crippen LogP) is 1.89. The lowest BCUT2D eigenvalue weighted by Crippen LogP contribution is -2.51. The van der Waals surface area contributed by atoms with Crippen LogP contribution in [-0.2, 0) is 9.59 Å². The van der Waals surface area contributed by atoms with Crippen molar-refractivity contribution in [3.8, 4) is 11.5 Å². The maximum absolute atomic E-state index is 11.7. The third kappa shape index (κ3) is 4.47. The minimum Gasteiger partial charge on any atom is -0.490 e. The lowest BCUT2D eigenvalue weighted by Gasteiger charge is -2.14. The molecule has 0 unspecified atom stereocenters. The van der Waals surface area contributed by atoms with E-state index in [1.165, 1.54) is 6.08 Å². The Bertz CT molecular complexity index is 822. The van der Waals surface area contributed by atoms with Crippen LogP contribution in [-0.4, -0.2) is 31.1 Å². The number of carbonyl (C=O) groups is 3. The molecular formula is C19H16N2O5. The second-order valence-electron chi connectivity index (χ2n) is 5.37. The van der Waals surface area contributed by atoms with E-state index in [4.69, 9.17) is 9.47 Å². The van der Waals surface area contributed by atoms with Crippen LogP contribution in [0.2, 0.25) is 0 Å². The molecule has 2 aromatic carbocycles. The smallest absolute Gasteiger partial charge is 0.328 e. The number of ether oxygens (including phenoxy) is 2. The Balaban J connectivity index is 1.53. The van der Waals surface area contributed by atoms with Gasteiger partial charge in [0.1, 0.15) is 30.3 Å². The van der Waals surface area contributed by atoms with E-state index < -0.39 is 17.8 Å². The Kier molecular flexibility index (Phi) is 5.28. The minimum atomic E-state index is -0.821. The minimum absolute atomic E-state index is 0.130. The SMILES string of the molecule is O=C1NC(=O)C(=Cc2ccc(OCCOc3ccccc3)cc2)C(=O)N1. The van der Waals surface area contributed by atoms with E-state index in [9.17, 15) is 14.4 Å². The first-order chi connectivity index (χ1) is 12.6. The Hall–Kier alpha value is -3.61. The number of hydrogen-bond acceptors (Lipinski definition) is 5. The van der Waals surface area contributed by atoms with Gasteiger partial charge in [0.25, 0.3) is 11.8 Å². The number of amides is 4. The van der Waals surface area contributed by atoms with Gasteiger partial charge in [0, 0.05) is 0 Å². The van der Waals surface area contributed by atoms with E-state index in [0.717, 1.165) is 5.75 Å². The molecule has 1 heterocycles. The summed E-state index contributed by atoms with van der Waals surface area (Å²) in [4.78, 5) is 34.4. The number of barbiturate groups is 1. The monoisotopic (exact) mass is 352 g/mol. The van der Waals surface area contributed by atoms with Gasteiger partial charge in [0.05, 0.1) is 0 Å². The van der Waals surface area contributed by atoms with Gasteiger partial charge >= 0.3 is 6.03 Å². The van der Waals surface area contributed by atoms with Crippen molar-refractivity contribution < 1.29 is 23.9 Å². The highest BCUT2D eigenvalue weighted by molar-refractivity contribution is 6.31. The molecule has 0 bridgehead atoms. The highest BCUT2D eigenvalue weighted by Crippen LogP contribution is 2.16. The summed E-state index contributed by atoms with van der Waals surface area (Å²) < 4.78 is 11.1. The molecule has 0 atom stereocenters. The highest BCUT2D eigenvalue weighted by Gasteiger charge is 2.27. The molecule has 26 heavy (non-hydrogen) atoms. The second-order valence-corrected chi connectivity index (χ2v) is 5.37. The van der Waals surface area contributed by atoms with Crippen molar-refractivity contribution in [2.45, 2.75) is 0 Å². The Morgan fingerprint density at radius 2 is 1.27 bits per heavy atom. The lowest BCUT2D eigenvalue weighted by molar-refractivity contribution is -0.123. The van der Waals surface area contributed by atoms with Crippen molar-refractivity contribution in [1.82, 2.24) is 10.6 Å². The van der Waals surface area contributed by atoms with Crippen LogP contribution >= 0.6 is 0 Å². The number of hydrogen-bond donors (Lipinski definition) is 2. The molecular weight excluding hydrogens is 336 g/mol. The van der Waals surface area contributed by atoms with Gasteiger partial charge in [-0.25, -0.2) is 4.79 Å². The maximum atomic E-state index is 11.7. The van der Waals surface area contributed by atoms with Gasteiger partial charge in [-0.15, -0.1) is 0 Å². The summed E-state index contributed by atoms with van der Waals surface area (Å²) in [5, 5.41) is 4.05.